The predicted molar refractivity (Wildman–Crippen MR) is 42.5 cm³/mol. The minimum Gasteiger partial charge on any atom is -0.480 e. The van der Waals surface area contributed by atoms with E-state index in [1.165, 1.54) is 0 Å². The minimum atomic E-state index is -0.684. The Hall–Kier alpha value is -0.570. The van der Waals surface area contributed by atoms with E-state index in [0.717, 1.165) is 6.42 Å². The summed E-state index contributed by atoms with van der Waals surface area (Å²) < 4.78 is 0. The van der Waals surface area contributed by atoms with Crippen LogP contribution < -0.4 is 0 Å². The van der Waals surface area contributed by atoms with Crippen LogP contribution in [0.3, 0.4) is 0 Å². The molecule has 0 aliphatic carbocycles. The molecule has 3 heteroatoms. The highest BCUT2D eigenvalue weighted by Gasteiger charge is 2.41. The van der Waals surface area contributed by atoms with Crippen molar-refractivity contribution in [2.24, 2.45) is 0 Å². The second-order valence-corrected chi connectivity index (χ2v) is 3.48. The number of nitrogens with zero attached hydrogens (tertiary/aromatic N) is 1. The van der Waals surface area contributed by atoms with Crippen LogP contribution in [0.5, 0.6) is 0 Å². The Kier molecular flexibility index (Phi) is 2.18. The van der Waals surface area contributed by atoms with Gasteiger partial charge in [0.25, 0.3) is 0 Å². The van der Waals surface area contributed by atoms with Gasteiger partial charge < -0.3 is 5.11 Å². The molecule has 1 saturated heterocycles. The molecule has 0 aromatic carbocycles. The van der Waals surface area contributed by atoms with E-state index in [4.69, 9.17) is 5.11 Å². The summed E-state index contributed by atoms with van der Waals surface area (Å²) in [7, 11) is 0. The van der Waals surface area contributed by atoms with E-state index in [1.807, 2.05) is 18.7 Å². The van der Waals surface area contributed by atoms with Gasteiger partial charge in [-0.1, -0.05) is 0 Å². The summed E-state index contributed by atoms with van der Waals surface area (Å²) in [6.07, 6.45) is 0.799. The zero-order chi connectivity index (χ0) is 8.59. The van der Waals surface area contributed by atoms with Crippen molar-refractivity contribution in [2.75, 3.05) is 0 Å². The van der Waals surface area contributed by atoms with Gasteiger partial charge in [-0.15, -0.1) is 0 Å². The van der Waals surface area contributed by atoms with Crippen molar-refractivity contribution in [3.8, 4) is 0 Å². The maximum atomic E-state index is 10.6. The van der Waals surface area contributed by atoms with Crippen LogP contribution in [0.25, 0.3) is 0 Å². The average Bonchev–Trinajstić information content (AvgIpc) is 1.80. The molecule has 0 saturated carbocycles. The van der Waals surface area contributed by atoms with Crippen molar-refractivity contribution in [3.05, 3.63) is 0 Å². The number of rotatable bonds is 2. The topological polar surface area (TPSA) is 40.5 Å². The molecule has 0 spiro atoms. The summed E-state index contributed by atoms with van der Waals surface area (Å²) in [5.41, 5.74) is 0. The summed E-state index contributed by atoms with van der Waals surface area (Å²) >= 11 is 0. The van der Waals surface area contributed by atoms with Crippen LogP contribution in [0, 0.1) is 0 Å². The lowest BCUT2D eigenvalue weighted by Crippen LogP contribution is -2.60. The van der Waals surface area contributed by atoms with E-state index >= 15 is 0 Å². The minimum absolute atomic E-state index is 0.231. The van der Waals surface area contributed by atoms with E-state index in [0.29, 0.717) is 12.1 Å². The van der Waals surface area contributed by atoms with Crippen LogP contribution in [0.1, 0.15) is 27.2 Å². The Bertz CT molecular complexity index is 163. The number of carboxylic acid groups (broad SMARTS) is 1. The molecule has 1 heterocycles. The molecule has 0 aromatic rings. The molecular formula is C8H15NO2. The normalized spacial score (nSPS) is 32.0. The average molecular weight is 157 g/mol. The molecule has 0 amide bonds. The van der Waals surface area contributed by atoms with Gasteiger partial charge in [-0.05, 0) is 27.2 Å². The second kappa shape index (κ2) is 2.81. The van der Waals surface area contributed by atoms with Crippen molar-refractivity contribution in [1.82, 2.24) is 4.90 Å². The highest BCUT2D eigenvalue weighted by Crippen LogP contribution is 2.27. The standard InChI is InChI=1S/C8H15NO2/c1-5(2)9-6(3)4-7(9)8(10)11/h5-7H,4H2,1-3H3,(H,10,11). The molecule has 1 N–H and O–H groups in total. The number of carboxylic acids is 1. The third-order valence-electron chi connectivity index (χ3n) is 2.31. The molecule has 1 fully saturated rings. The highest BCUT2D eigenvalue weighted by molar-refractivity contribution is 5.74. The molecule has 0 aromatic heterocycles. The Morgan fingerprint density at radius 2 is 2.18 bits per heavy atom. The SMILES string of the molecule is CC(C)N1C(C)CC1C(=O)O. The third-order valence-corrected chi connectivity index (χ3v) is 2.31. The van der Waals surface area contributed by atoms with E-state index in [-0.39, 0.29) is 6.04 Å². The fraction of sp³-hybridized carbons (Fsp3) is 0.875. The zero-order valence-electron chi connectivity index (χ0n) is 7.24. The molecular weight excluding hydrogens is 142 g/mol. The molecule has 2 atom stereocenters. The van der Waals surface area contributed by atoms with Gasteiger partial charge in [0, 0.05) is 12.1 Å². The monoisotopic (exact) mass is 157 g/mol. The smallest absolute Gasteiger partial charge is 0.320 e. The number of likely N-dealkylation sites (tertiary alicyclic amines) is 1. The first kappa shape index (κ1) is 8.53. The number of carbonyl (C=O) groups is 1. The largest absolute Gasteiger partial charge is 0.480 e. The van der Waals surface area contributed by atoms with Crippen LogP contribution in [0.15, 0.2) is 0 Å². The van der Waals surface area contributed by atoms with Crippen LogP contribution in [0.2, 0.25) is 0 Å². The van der Waals surface area contributed by atoms with Gasteiger partial charge in [-0.2, -0.15) is 0 Å². The Morgan fingerprint density at radius 3 is 2.36 bits per heavy atom. The quantitative estimate of drug-likeness (QED) is 0.648. The molecule has 1 rings (SSSR count). The predicted octanol–water partition coefficient (Wildman–Crippen LogP) is 0.942. The van der Waals surface area contributed by atoms with Gasteiger partial charge >= 0.3 is 5.97 Å². The number of hydrogen-bond acceptors (Lipinski definition) is 2. The third kappa shape index (κ3) is 1.38. The van der Waals surface area contributed by atoms with Crippen molar-refractivity contribution >= 4 is 5.97 Å². The molecule has 0 bridgehead atoms. The van der Waals surface area contributed by atoms with Gasteiger partial charge in [-0.3, -0.25) is 9.69 Å². The maximum absolute atomic E-state index is 10.6. The molecule has 2 unspecified atom stereocenters. The second-order valence-electron chi connectivity index (χ2n) is 3.48. The Morgan fingerprint density at radius 1 is 1.64 bits per heavy atom. The summed E-state index contributed by atoms with van der Waals surface area (Å²) in [4.78, 5) is 12.6. The molecule has 1 aliphatic heterocycles. The zero-order valence-corrected chi connectivity index (χ0v) is 7.24. The van der Waals surface area contributed by atoms with Crippen molar-refractivity contribution in [2.45, 2.75) is 45.3 Å². The fourth-order valence-corrected chi connectivity index (χ4v) is 1.83. The van der Waals surface area contributed by atoms with E-state index in [2.05, 4.69) is 6.92 Å². The van der Waals surface area contributed by atoms with Gasteiger partial charge in [0.2, 0.25) is 0 Å². The summed E-state index contributed by atoms with van der Waals surface area (Å²) in [6.45, 7) is 6.14. The lowest BCUT2D eigenvalue weighted by atomic mass is 9.92. The maximum Gasteiger partial charge on any atom is 0.320 e. The van der Waals surface area contributed by atoms with Crippen LogP contribution in [0.4, 0.5) is 0 Å². The highest BCUT2D eigenvalue weighted by atomic mass is 16.4. The fourth-order valence-electron chi connectivity index (χ4n) is 1.83. The number of hydrogen-bond donors (Lipinski definition) is 1. The van der Waals surface area contributed by atoms with Gasteiger partial charge in [-0.25, -0.2) is 0 Å². The summed E-state index contributed by atoms with van der Waals surface area (Å²) in [6, 6.07) is 0.556. The van der Waals surface area contributed by atoms with Gasteiger partial charge in [0.05, 0.1) is 0 Å². The molecule has 1 aliphatic rings. The first-order valence-corrected chi connectivity index (χ1v) is 4.04. The molecule has 11 heavy (non-hydrogen) atoms. The van der Waals surface area contributed by atoms with E-state index < -0.39 is 5.97 Å². The van der Waals surface area contributed by atoms with E-state index in [9.17, 15) is 4.79 Å². The van der Waals surface area contributed by atoms with Gasteiger partial charge in [0.15, 0.2) is 0 Å². The van der Waals surface area contributed by atoms with Crippen molar-refractivity contribution in [1.29, 1.82) is 0 Å². The van der Waals surface area contributed by atoms with Crippen LogP contribution in [-0.2, 0) is 4.79 Å². The first-order chi connectivity index (χ1) is 5.04. The van der Waals surface area contributed by atoms with Crippen molar-refractivity contribution in [3.63, 3.8) is 0 Å². The number of aliphatic carboxylic acids is 1. The molecule has 3 nitrogen and oxygen atoms in total. The Labute approximate surface area is 67.0 Å². The van der Waals surface area contributed by atoms with Crippen LogP contribution in [-0.4, -0.2) is 34.1 Å². The van der Waals surface area contributed by atoms with E-state index in [1.54, 1.807) is 0 Å². The summed E-state index contributed by atoms with van der Waals surface area (Å²) in [5.74, 6) is -0.684. The molecule has 0 radical (unpaired) electrons. The lowest BCUT2D eigenvalue weighted by molar-refractivity contribution is -0.153. The van der Waals surface area contributed by atoms with Gasteiger partial charge in [0.1, 0.15) is 6.04 Å². The summed E-state index contributed by atoms with van der Waals surface area (Å²) in [5, 5.41) is 8.73. The molecule has 64 valence electrons. The lowest BCUT2D eigenvalue weighted by Gasteiger charge is -2.47. The Balaban J connectivity index is 2.54. The van der Waals surface area contributed by atoms with Crippen LogP contribution >= 0.6 is 0 Å². The van der Waals surface area contributed by atoms with Crippen molar-refractivity contribution < 1.29 is 9.90 Å². The first-order valence-electron chi connectivity index (χ1n) is 4.04.